The summed E-state index contributed by atoms with van der Waals surface area (Å²) in [5, 5.41) is 21.4. The number of aryl methyl sites for hydroxylation is 2. The Morgan fingerprint density at radius 1 is 1.03 bits per heavy atom. The third-order valence-corrected chi connectivity index (χ3v) is 8.08. The number of nitrogens with one attached hydrogen (secondary N) is 1. The lowest BCUT2D eigenvalue weighted by atomic mass is 10.1. The first-order chi connectivity index (χ1) is 19.1. The van der Waals surface area contributed by atoms with Crippen LogP contribution >= 0.6 is 23.1 Å². The van der Waals surface area contributed by atoms with E-state index in [1.807, 2.05) is 43.3 Å². The molecular formula is C27H27N7O3S2. The number of hydrogen-bond donors (Lipinski definition) is 1. The fourth-order valence-electron chi connectivity index (χ4n) is 4.20. The number of benzene rings is 2. The minimum atomic E-state index is -0.469. The Hall–Kier alpha value is -3.90. The van der Waals surface area contributed by atoms with E-state index in [9.17, 15) is 9.59 Å². The van der Waals surface area contributed by atoms with Crippen LogP contribution in [0.15, 0.2) is 59.8 Å². The Kier molecular flexibility index (Phi) is 8.42. The lowest BCUT2D eigenvalue weighted by Crippen LogP contribution is -2.24. The summed E-state index contributed by atoms with van der Waals surface area (Å²) in [6.45, 7) is 4.70. The molecule has 1 amide bonds. The van der Waals surface area contributed by atoms with E-state index in [1.165, 1.54) is 17.3 Å². The van der Waals surface area contributed by atoms with Gasteiger partial charge in [-0.25, -0.2) is 4.98 Å². The third kappa shape index (κ3) is 6.23. The number of anilines is 1. The van der Waals surface area contributed by atoms with Gasteiger partial charge in [-0.3, -0.25) is 14.9 Å². The van der Waals surface area contributed by atoms with Gasteiger partial charge in [0.1, 0.15) is 10.5 Å². The van der Waals surface area contributed by atoms with Gasteiger partial charge in [-0.05, 0) is 31.4 Å². The molecule has 0 unspecified atom stereocenters. The molecule has 12 heteroatoms. The van der Waals surface area contributed by atoms with Crippen LogP contribution in [0.1, 0.15) is 30.8 Å². The molecule has 0 spiro atoms. The number of amides is 1. The largest absolute Gasteiger partial charge is 0.466 e. The predicted molar refractivity (Wildman–Crippen MR) is 152 cm³/mol. The van der Waals surface area contributed by atoms with Gasteiger partial charge in [0.05, 0.1) is 23.8 Å². The first kappa shape index (κ1) is 26.7. The van der Waals surface area contributed by atoms with Gasteiger partial charge in [-0.2, -0.15) is 0 Å². The van der Waals surface area contributed by atoms with E-state index >= 15 is 0 Å². The number of esters is 1. The van der Waals surface area contributed by atoms with E-state index in [0.29, 0.717) is 28.3 Å². The molecule has 3 heterocycles. The van der Waals surface area contributed by atoms with E-state index in [2.05, 4.69) is 48.5 Å². The van der Waals surface area contributed by atoms with Gasteiger partial charge in [0.2, 0.25) is 16.2 Å². The molecule has 0 aliphatic heterocycles. The minimum Gasteiger partial charge on any atom is -0.466 e. The monoisotopic (exact) mass is 561 g/mol. The van der Waals surface area contributed by atoms with Crippen LogP contribution in [-0.2, 0) is 33.7 Å². The molecule has 0 saturated heterocycles. The van der Waals surface area contributed by atoms with Crippen molar-refractivity contribution in [2.75, 3.05) is 11.9 Å². The Bertz CT molecular complexity index is 1600. The Labute approximate surface area is 233 Å². The van der Waals surface area contributed by atoms with Crippen LogP contribution in [0.3, 0.4) is 0 Å². The SMILES string of the molecule is CCOC(=O)Cc1nnc(NC(=O)[C@@H](CC)Sc2nnc3c4ccccc4n(CCc4ccccc4)c3n2)s1. The smallest absolute Gasteiger partial charge is 0.312 e. The van der Waals surface area contributed by atoms with Crippen molar-refractivity contribution in [3.05, 3.63) is 65.2 Å². The van der Waals surface area contributed by atoms with Gasteiger partial charge in [-0.15, -0.1) is 20.4 Å². The lowest BCUT2D eigenvalue weighted by Gasteiger charge is -2.12. The van der Waals surface area contributed by atoms with Crippen molar-refractivity contribution in [3.8, 4) is 0 Å². The zero-order valence-electron chi connectivity index (χ0n) is 21.5. The topological polar surface area (TPSA) is 125 Å². The van der Waals surface area contributed by atoms with Gasteiger partial charge in [0, 0.05) is 11.9 Å². The van der Waals surface area contributed by atoms with Gasteiger partial charge < -0.3 is 9.30 Å². The molecular weight excluding hydrogens is 534 g/mol. The summed E-state index contributed by atoms with van der Waals surface area (Å²) in [6, 6.07) is 18.4. The molecule has 5 rings (SSSR count). The second-order valence-corrected chi connectivity index (χ2v) is 10.9. The average Bonchev–Trinajstić information content (AvgIpc) is 3.52. The summed E-state index contributed by atoms with van der Waals surface area (Å²) in [7, 11) is 0. The standard InChI is InChI=1S/C27H27N7O3S2/c1-3-20(25(36)29-27-32-30-21(39-27)16-22(35)37-4-2)38-26-28-24-23(31-33-26)18-12-8-9-13-19(18)34(24)15-14-17-10-6-5-7-11-17/h5-13,20H,3-4,14-16H2,1-2H3,(H,29,32,36)/t20-/m1/s1. The number of rotatable bonds is 11. The second-order valence-electron chi connectivity index (χ2n) is 8.66. The summed E-state index contributed by atoms with van der Waals surface area (Å²) < 4.78 is 7.11. The zero-order valence-corrected chi connectivity index (χ0v) is 23.2. The van der Waals surface area contributed by atoms with Crippen molar-refractivity contribution >= 4 is 62.2 Å². The first-order valence-electron chi connectivity index (χ1n) is 12.7. The third-order valence-electron chi connectivity index (χ3n) is 6.03. The van der Waals surface area contributed by atoms with Crippen molar-refractivity contribution in [2.24, 2.45) is 0 Å². The summed E-state index contributed by atoms with van der Waals surface area (Å²) >= 11 is 2.41. The molecule has 0 aliphatic rings. The van der Waals surface area contributed by atoms with Crippen molar-refractivity contribution in [1.29, 1.82) is 0 Å². The second kappa shape index (κ2) is 12.3. The fourth-order valence-corrected chi connectivity index (χ4v) is 5.74. The van der Waals surface area contributed by atoms with E-state index in [-0.39, 0.29) is 18.3 Å². The number of fused-ring (bicyclic) bond motifs is 3. The molecule has 1 N–H and O–H groups in total. The van der Waals surface area contributed by atoms with E-state index in [4.69, 9.17) is 9.72 Å². The van der Waals surface area contributed by atoms with Crippen LogP contribution in [0.5, 0.6) is 0 Å². The molecule has 5 aromatic rings. The van der Waals surface area contributed by atoms with Gasteiger partial charge >= 0.3 is 5.97 Å². The Morgan fingerprint density at radius 3 is 2.62 bits per heavy atom. The Morgan fingerprint density at radius 2 is 1.82 bits per heavy atom. The number of carbonyl (C=O) groups is 2. The maximum atomic E-state index is 13.0. The van der Waals surface area contributed by atoms with Gasteiger partial charge in [0.25, 0.3) is 0 Å². The van der Waals surface area contributed by atoms with E-state index in [0.717, 1.165) is 46.4 Å². The molecule has 0 aliphatic carbocycles. The van der Waals surface area contributed by atoms with Gasteiger partial charge in [0.15, 0.2) is 5.65 Å². The molecule has 1 atom stereocenters. The number of thioether (sulfide) groups is 1. The molecule has 200 valence electrons. The van der Waals surface area contributed by atoms with Crippen LogP contribution in [0.4, 0.5) is 5.13 Å². The minimum absolute atomic E-state index is 0.0190. The molecule has 0 bridgehead atoms. The molecule has 0 saturated carbocycles. The highest BCUT2D eigenvalue weighted by Crippen LogP contribution is 2.30. The van der Waals surface area contributed by atoms with E-state index in [1.54, 1.807) is 6.92 Å². The van der Waals surface area contributed by atoms with Crippen LogP contribution in [0.25, 0.3) is 22.1 Å². The number of para-hydroxylation sites is 1. The lowest BCUT2D eigenvalue weighted by molar-refractivity contribution is -0.142. The van der Waals surface area contributed by atoms with Crippen LogP contribution < -0.4 is 5.32 Å². The summed E-state index contributed by atoms with van der Waals surface area (Å²) in [5.41, 5.74) is 3.77. The van der Waals surface area contributed by atoms with Crippen LogP contribution in [-0.4, -0.2) is 53.7 Å². The zero-order chi connectivity index (χ0) is 27.2. The van der Waals surface area contributed by atoms with Crippen molar-refractivity contribution < 1.29 is 14.3 Å². The van der Waals surface area contributed by atoms with Gasteiger partial charge in [-0.1, -0.05) is 78.6 Å². The van der Waals surface area contributed by atoms with E-state index < -0.39 is 5.25 Å². The summed E-state index contributed by atoms with van der Waals surface area (Å²) in [4.78, 5) is 29.6. The molecule has 0 fully saturated rings. The average molecular weight is 562 g/mol. The van der Waals surface area contributed by atoms with Crippen LogP contribution in [0.2, 0.25) is 0 Å². The maximum absolute atomic E-state index is 13.0. The molecule has 10 nitrogen and oxygen atoms in total. The molecule has 2 aromatic carbocycles. The number of aromatic nitrogens is 6. The summed E-state index contributed by atoms with van der Waals surface area (Å²) in [6.07, 6.45) is 1.41. The number of ether oxygens (including phenoxy) is 1. The normalized spacial score (nSPS) is 12.1. The van der Waals surface area contributed by atoms with Crippen molar-refractivity contribution in [1.82, 2.24) is 29.9 Å². The quantitative estimate of drug-likeness (QED) is 0.181. The summed E-state index contributed by atoms with van der Waals surface area (Å²) in [5.74, 6) is -0.621. The fraction of sp³-hybridized carbons (Fsp3) is 0.296. The predicted octanol–water partition coefficient (Wildman–Crippen LogP) is 4.69. The molecule has 0 radical (unpaired) electrons. The first-order valence-corrected chi connectivity index (χ1v) is 14.4. The highest BCUT2D eigenvalue weighted by Gasteiger charge is 2.23. The number of nitrogens with zero attached hydrogens (tertiary/aromatic N) is 6. The molecule has 39 heavy (non-hydrogen) atoms. The maximum Gasteiger partial charge on any atom is 0.312 e. The number of carbonyl (C=O) groups excluding carboxylic acids is 2. The molecule has 3 aromatic heterocycles. The highest BCUT2D eigenvalue weighted by atomic mass is 32.2. The van der Waals surface area contributed by atoms with Crippen molar-refractivity contribution in [2.45, 2.75) is 50.1 Å². The van der Waals surface area contributed by atoms with Crippen molar-refractivity contribution in [3.63, 3.8) is 0 Å². The Balaban J connectivity index is 1.34. The number of hydrogen-bond acceptors (Lipinski definition) is 10. The highest BCUT2D eigenvalue weighted by molar-refractivity contribution is 8.00. The van der Waals surface area contributed by atoms with Crippen LogP contribution in [0, 0.1) is 0 Å².